The standard InChI is InChI=1S/C20H18ClN3O2/c1-2-24-12-11-16(23-24)13-22-20(26)18-6-4-3-5-17(18)19(25)14-7-9-15(21)10-8-14/h3-12H,2,13H2,1H3,(H,22,26). The Morgan fingerprint density at radius 1 is 1.04 bits per heavy atom. The summed E-state index contributed by atoms with van der Waals surface area (Å²) in [4.78, 5) is 25.3. The fourth-order valence-electron chi connectivity index (χ4n) is 2.58. The van der Waals surface area contributed by atoms with Crippen LogP contribution in [-0.4, -0.2) is 21.5 Å². The molecule has 132 valence electrons. The molecular weight excluding hydrogens is 350 g/mol. The van der Waals surface area contributed by atoms with Crippen LogP contribution < -0.4 is 5.32 Å². The second kappa shape index (κ2) is 7.97. The molecule has 5 nitrogen and oxygen atoms in total. The molecule has 0 fully saturated rings. The van der Waals surface area contributed by atoms with Gasteiger partial charge < -0.3 is 5.32 Å². The monoisotopic (exact) mass is 367 g/mol. The van der Waals surface area contributed by atoms with Crippen LogP contribution in [0.2, 0.25) is 5.02 Å². The number of aromatic nitrogens is 2. The number of ketones is 1. The summed E-state index contributed by atoms with van der Waals surface area (Å²) in [5.74, 6) is -0.531. The van der Waals surface area contributed by atoms with Crippen molar-refractivity contribution in [3.05, 3.63) is 88.2 Å². The molecule has 1 N–H and O–H groups in total. The fourth-order valence-corrected chi connectivity index (χ4v) is 2.70. The lowest BCUT2D eigenvalue weighted by atomic mass is 9.98. The maximum atomic E-state index is 12.8. The van der Waals surface area contributed by atoms with E-state index in [1.165, 1.54) is 0 Å². The van der Waals surface area contributed by atoms with Crippen molar-refractivity contribution in [3.63, 3.8) is 0 Å². The van der Waals surface area contributed by atoms with Crippen molar-refractivity contribution in [2.24, 2.45) is 0 Å². The van der Waals surface area contributed by atoms with Gasteiger partial charge in [0.15, 0.2) is 5.78 Å². The number of nitrogens with one attached hydrogen (secondary N) is 1. The van der Waals surface area contributed by atoms with Gasteiger partial charge in [-0.3, -0.25) is 14.3 Å². The summed E-state index contributed by atoms with van der Waals surface area (Å²) < 4.78 is 1.79. The van der Waals surface area contributed by atoms with Gasteiger partial charge in [-0.2, -0.15) is 5.10 Å². The van der Waals surface area contributed by atoms with Crippen molar-refractivity contribution in [2.75, 3.05) is 0 Å². The second-order valence-electron chi connectivity index (χ2n) is 5.73. The Bertz CT molecular complexity index is 932. The first-order valence-corrected chi connectivity index (χ1v) is 8.66. The molecule has 0 saturated carbocycles. The molecule has 0 saturated heterocycles. The van der Waals surface area contributed by atoms with Gasteiger partial charge in [0.25, 0.3) is 5.91 Å². The molecular formula is C20H18ClN3O2. The largest absolute Gasteiger partial charge is 0.346 e. The molecule has 0 aliphatic carbocycles. The summed E-state index contributed by atoms with van der Waals surface area (Å²) in [6.07, 6.45) is 1.86. The summed E-state index contributed by atoms with van der Waals surface area (Å²) in [5, 5.41) is 7.71. The number of hydrogen-bond acceptors (Lipinski definition) is 3. The minimum Gasteiger partial charge on any atom is -0.346 e. The van der Waals surface area contributed by atoms with Crippen molar-refractivity contribution < 1.29 is 9.59 Å². The summed E-state index contributed by atoms with van der Waals surface area (Å²) in [6, 6.07) is 15.2. The van der Waals surface area contributed by atoms with Crippen LogP contribution in [-0.2, 0) is 13.1 Å². The molecule has 1 amide bonds. The first-order chi connectivity index (χ1) is 12.6. The van der Waals surface area contributed by atoms with E-state index < -0.39 is 0 Å². The maximum Gasteiger partial charge on any atom is 0.252 e. The normalized spacial score (nSPS) is 10.5. The Labute approximate surface area is 156 Å². The molecule has 6 heteroatoms. The highest BCUT2D eigenvalue weighted by Gasteiger charge is 2.18. The Kier molecular flexibility index (Phi) is 5.49. The highest BCUT2D eigenvalue weighted by atomic mass is 35.5. The van der Waals surface area contributed by atoms with E-state index in [2.05, 4.69) is 10.4 Å². The number of nitrogens with zero attached hydrogens (tertiary/aromatic N) is 2. The van der Waals surface area contributed by atoms with Crippen molar-refractivity contribution >= 4 is 23.3 Å². The number of benzene rings is 2. The van der Waals surface area contributed by atoms with Gasteiger partial charge in [-0.1, -0.05) is 29.8 Å². The predicted octanol–water partition coefficient (Wildman–Crippen LogP) is 3.72. The van der Waals surface area contributed by atoms with E-state index in [9.17, 15) is 9.59 Å². The average Bonchev–Trinajstić information content (AvgIpc) is 3.14. The van der Waals surface area contributed by atoms with Gasteiger partial charge in [0.1, 0.15) is 0 Å². The topological polar surface area (TPSA) is 64.0 Å². The Morgan fingerprint density at radius 2 is 1.73 bits per heavy atom. The molecule has 0 unspecified atom stereocenters. The van der Waals surface area contributed by atoms with Crippen LogP contribution in [0.4, 0.5) is 0 Å². The Balaban J connectivity index is 1.78. The summed E-state index contributed by atoms with van der Waals surface area (Å²) in [5.41, 5.74) is 1.94. The van der Waals surface area contributed by atoms with Gasteiger partial charge >= 0.3 is 0 Å². The second-order valence-corrected chi connectivity index (χ2v) is 6.16. The quantitative estimate of drug-likeness (QED) is 0.675. The van der Waals surface area contributed by atoms with Gasteiger partial charge in [0.2, 0.25) is 0 Å². The summed E-state index contributed by atoms with van der Waals surface area (Å²) >= 11 is 5.87. The first-order valence-electron chi connectivity index (χ1n) is 8.28. The van der Waals surface area contributed by atoms with E-state index in [0.717, 1.165) is 12.2 Å². The van der Waals surface area contributed by atoms with Crippen LogP contribution in [0.5, 0.6) is 0 Å². The molecule has 0 bridgehead atoms. The maximum absolute atomic E-state index is 12.8. The molecule has 3 aromatic rings. The third kappa shape index (κ3) is 4.00. The third-order valence-corrected chi connectivity index (χ3v) is 4.22. The third-order valence-electron chi connectivity index (χ3n) is 3.97. The number of aryl methyl sites for hydroxylation is 1. The van der Waals surface area contributed by atoms with E-state index in [1.807, 2.05) is 19.2 Å². The lowest BCUT2D eigenvalue weighted by molar-refractivity contribution is 0.0939. The number of amides is 1. The number of carbonyl (C=O) groups excluding carboxylic acids is 2. The number of carbonyl (C=O) groups is 2. The summed E-state index contributed by atoms with van der Waals surface area (Å²) in [7, 11) is 0. The van der Waals surface area contributed by atoms with E-state index in [4.69, 9.17) is 11.6 Å². The molecule has 3 rings (SSSR count). The smallest absolute Gasteiger partial charge is 0.252 e. The van der Waals surface area contributed by atoms with Crippen LogP contribution in [0, 0.1) is 0 Å². The Hall–Kier alpha value is -2.92. The minimum atomic E-state index is -0.311. The molecule has 0 spiro atoms. The van der Waals surface area contributed by atoms with Crippen molar-refractivity contribution in [1.82, 2.24) is 15.1 Å². The fraction of sp³-hybridized carbons (Fsp3) is 0.150. The number of hydrogen-bond donors (Lipinski definition) is 1. The zero-order chi connectivity index (χ0) is 18.5. The van der Waals surface area contributed by atoms with E-state index in [0.29, 0.717) is 28.3 Å². The summed E-state index contributed by atoms with van der Waals surface area (Å²) in [6.45, 7) is 3.07. The van der Waals surface area contributed by atoms with Crippen molar-refractivity contribution in [2.45, 2.75) is 20.0 Å². The average molecular weight is 368 g/mol. The molecule has 26 heavy (non-hydrogen) atoms. The van der Waals surface area contributed by atoms with Gasteiger partial charge in [0, 0.05) is 28.9 Å². The number of rotatable bonds is 6. The Morgan fingerprint density at radius 3 is 2.38 bits per heavy atom. The van der Waals surface area contributed by atoms with E-state index in [1.54, 1.807) is 53.2 Å². The molecule has 1 aromatic heterocycles. The lowest BCUT2D eigenvalue weighted by Gasteiger charge is -2.09. The van der Waals surface area contributed by atoms with Crippen molar-refractivity contribution in [1.29, 1.82) is 0 Å². The molecule has 0 radical (unpaired) electrons. The van der Waals surface area contributed by atoms with Crippen LogP contribution in [0.3, 0.4) is 0 Å². The molecule has 0 aliphatic heterocycles. The molecule has 0 aliphatic rings. The molecule has 1 heterocycles. The van der Waals surface area contributed by atoms with Gasteiger partial charge in [0.05, 0.1) is 17.8 Å². The van der Waals surface area contributed by atoms with E-state index in [-0.39, 0.29) is 11.7 Å². The van der Waals surface area contributed by atoms with E-state index >= 15 is 0 Å². The highest BCUT2D eigenvalue weighted by molar-refractivity contribution is 6.30. The van der Waals surface area contributed by atoms with Crippen LogP contribution >= 0.6 is 11.6 Å². The first kappa shape index (κ1) is 17.9. The van der Waals surface area contributed by atoms with Crippen LogP contribution in [0.1, 0.15) is 38.9 Å². The van der Waals surface area contributed by atoms with Gasteiger partial charge in [-0.05, 0) is 43.3 Å². The predicted molar refractivity (Wildman–Crippen MR) is 100 cm³/mol. The zero-order valence-electron chi connectivity index (χ0n) is 14.3. The minimum absolute atomic E-state index is 0.220. The number of halogens is 1. The SMILES string of the molecule is CCn1ccc(CNC(=O)c2ccccc2C(=O)c2ccc(Cl)cc2)n1. The van der Waals surface area contributed by atoms with Crippen LogP contribution in [0.15, 0.2) is 60.8 Å². The van der Waals surface area contributed by atoms with Gasteiger partial charge in [-0.25, -0.2) is 0 Å². The lowest BCUT2D eigenvalue weighted by Crippen LogP contribution is -2.25. The van der Waals surface area contributed by atoms with Crippen LogP contribution in [0.25, 0.3) is 0 Å². The van der Waals surface area contributed by atoms with Gasteiger partial charge in [-0.15, -0.1) is 0 Å². The molecule has 0 atom stereocenters. The zero-order valence-corrected chi connectivity index (χ0v) is 15.0. The molecule has 2 aromatic carbocycles. The van der Waals surface area contributed by atoms with Crippen molar-refractivity contribution in [3.8, 4) is 0 Å². The highest BCUT2D eigenvalue weighted by Crippen LogP contribution is 2.17.